The largest absolute Gasteiger partial charge is 0.508 e. The molecule has 0 aliphatic rings. The number of hydrogen-bond acceptors (Lipinski definition) is 4. The van der Waals surface area contributed by atoms with E-state index in [0.717, 1.165) is 6.07 Å². The molecule has 1 atom stereocenters. The minimum Gasteiger partial charge on any atom is -0.508 e. The Bertz CT molecular complexity index is 437. The second-order valence-electron chi connectivity index (χ2n) is 3.44. The van der Waals surface area contributed by atoms with Crippen LogP contribution in [0.1, 0.15) is 17.3 Å². The molecule has 0 spiro atoms. The number of hydrogen-bond donors (Lipinski definition) is 3. The van der Waals surface area contributed by atoms with Gasteiger partial charge in [0.25, 0.3) is 5.91 Å². The van der Waals surface area contributed by atoms with E-state index < -0.39 is 5.91 Å². The Hall–Kier alpha value is -2.22. The van der Waals surface area contributed by atoms with Gasteiger partial charge in [0.1, 0.15) is 11.5 Å². The van der Waals surface area contributed by atoms with Gasteiger partial charge in [-0.2, -0.15) is 5.26 Å². The second kappa shape index (κ2) is 5.03. The molecule has 5 heteroatoms. The third kappa shape index (κ3) is 2.89. The Morgan fingerprint density at radius 1 is 1.56 bits per heavy atom. The van der Waals surface area contributed by atoms with Crippen molar-refractivity contribution in [2.24, 2.45) is 5.92 Å². The number of aromatic hydroxyl groups is 2. The fraction of sp³-hybridized carbons (Fsp3) is 0.273. The van der Waals surface area contributed by atoms with Crippen molar-refractivity contribution >= 4 is 5.91 Å². The quantitative estimate of drug-likeness (QED) is 0.708. The molecule has 1 aromatic carbocycles. The smallest absolute Gasteiger partial charge is 0.255 e. The minimum atomic E-state index is -0.473. The van der Waals surface area contributed by atoms with Gasteiger partial charge in [-0.25, -0.2) is 0 Å². The van der Waals surface area contributed by atoms with Gasteiger partial charge in [0.2, 0.25) is 0 Å². The molecule has 0 aliphatic carbocycles. The molecular formula is C11H12N2O3. The summed E-state index contributed by atoms with van der Waals surface area (Å²) >= 11 is 0. The van der Waals surface area contributed by atoms with E-state index in [9.17, 15) is 9.90 Å². The average molecular weight is 220 g/mol. The summed E-state index contributed by atoms with van der Waals surface area (Å²) < 4.78 is 0. The van der Waals surface area contributed by atoms with Crippen molar-refractivity contribution < 1.29 is 15.0 Å². The lowest BCUT2D eigenvalue weighted by molar-refractivity contribution is 0.0948. The maximum atomic E-state index is 11.5. The van der Waals surface area contributed by atoms with E-state index in [1.165, 1.54) is 12.1 Å². The molecule has 1 aromatic rings. The highest BCUT2D eigenvalue weighted by Gasteiger charge is 2.12. The third-order valence-electron chi connectivity index (χ3n) is 2.02. The molecule has 1 unspecified atom stereocenters. The summed E-state index contributed by atoms with van der Waals surface area (Å²) in [7, 11) is 0. The molecular weight excluding hydrogens is 208 g/mol. The number of carbonyl (C=O) groups is 1. The second-order valence-corrected chi connectivity index (χ2v) is 3.44. The maximum Gasteiger partial charge on any atom is 0.255 e. The van der Waals surface area contributed by atoms with Gasteiger partial charge < -0.3 is 15.5 Å². The van der Waals surface area contributed by atoms with Crippen LogP contribution >= 0.6 is 0 Å². The molecule has 0 saturated heterocycles. The van der Waals surface area contributed by atoms with E-state index in [2.05, 4.69) is 5.32 Å². The van der Waals surface area contributed by atoms with Crippen LogP contribution in [0.5, 0.6) is 11.5 Å². The van der Waals surface area contributed by atoms with Crippen LogP contribution in [0, 0.1) is 17.2 Å². The van der Waals surface area contributed by atoms with Gasteiger partial charge >= 0.3 is 0 Å². The van der Waals surface area contributed by atoms with Gasteiger partial charge in [-0.15, -0.1) is 0 Å². The summed E-state index contributed by atoms with van der Waals surface area (Å²) in [5.74, 6) is -1.16. The number of nitrogens with one attached hydrogen (secondary N) is 1. The third-order valence-corrected chi connectivity index (χ3v) is 2.02. The van der Waals surface area contributed by atoms with Gasteiger partial charge in [0.05, 0.1) is 17.6 Å². The number of benzene rings is 1. The zero-order valence-electron chi connectivity index (χ0n) is 8.77. The summed E-state index contributed by atoms with van der Waals surface area (Å²) in [6.07, 6.45) is 0. The van der Waals surface area contributed by atoms with Gasteiger partial charge in [-0.05, 0) is 19.1 Å². The molecule has 0 fully saturated rings. The molecule has 0 heterocycles. The Kier molecular flexibility index (Phi) is 3.72. The number of carbonyl (C=O) groups excluding carboxylic acids is 1. The molecule has 5 nitrogen and oxygen atoms in total. The monoisotopic (exact) mass is 220 g/mol. The van der Waals surface area contributed by atoms with Gasteiger partial charge in [0, 0.05) is 12.6 Å². The molecule has 0 aliphatic heterocycles. The lowest BCUT2D eigenvalue weighted by atomic mass is 10.1. The summed E-state index contributed by atoms with van der Waals surface area (Å²) in [6, 6.07) is 5.69. The van der Waals surface area contributed by atoms with Crippen LogP contribution in [-0.2, 0) is 0 Å². The lowest BCUT2D eigenvalue weighted by Crippen LogP contribution is -2.27. The maximum absolute atomic E-state index is 11.5. The highest BCUT2D eigenvalue weighted by Crippen LogP contribution is 2.22. The number of phenols is 2. The predicted octanol–water partition coefficient (Wildman–Crippen LogP) is 0.987. The van der Waals surface area contributed by atoms with Gasteiger partial charge in [-0.1, -0.05) is 0 Å². The molecule has 1 amide bonds. The van der Waals surface area contributed by atoms with E-state index >= 15 is 0 Å². The highest BCUT2D eigenvalue weighted by atomic mass is 16.3. The van der Waals surface area contributed by atoms with Crippen molar-refractivity contribution in [3.05, 3.63) is 23.8 Å². The Balaban J connectivity index is 2.71. The standard InChI is InChI=1S/C11H12N2O3/c1-7(5-12)6-13-11(16)9-3-2-8(14)4-10(9)15/h2-4,7,14-15H,6H2,1H3,(H,13,16). The first-order valence-electron chi connectivity index (χ1n) is 4.74. The number of nitriles is 1. The van der Waals surface area contributed by atoms with E-state index in [0.29, 0.717) is 0 Å². The molecule has 16 heavy (non-hydrogen) atoms. The summed E-state index contributed by atoms with van der Waals surface area (Å²) in [5, 5.41) is 29.5. The van der Waals surface area contributed by atoms with E-state index in [4.69, 9.17) is 10.4 Å². The molecule has 3 N–H and O–H groups in total. The molecule has 1 rings (SSSR count). The number of amides is 1. The van der Waals surface area contributed by atoms with Crippen LogP contribution in [0.3, 0.4) is 0 Å². The molecule has 0 saturated carbocycles. The zero-order chi connectivity index (χ0) is 12.1. The van der Waals surface area contributed by atoms with Crippen LogP contribution in [0.15, 0.2) is 18.2 Å². The van der Waals surface area contributed by atoms with Crippen molar-refractivity contribution in [2.45, 2.75) is 6.92 Å². The number of phenolic OH excluding ortho intramolecular Hbond substituents is 2. The van der Waals surface area contributed by atoms with Gasteiger partial charge in [0.15, 0.2) is 0 Å². The van der Waals surface area contributed by atoms with Crippen molar-refractivity contribution in [3.63, 3.8) is 0 Å². The highest BCUT2D eigenvalue weighted by molar-refractivity contribution is 5.96. The predicted molar refractivity (Wildman–Crippen MR) is 56.9 cm³/mol. The molecule has 84 valence electrons. The molecule has 0 radical (unpaired) electrons. The van der Waals surface area contributed by atoms with E-state index in [1.807, 2.05) is 6.07 Å². The number of rotatable bonds is 3. The Labute approximate surface area is 92.9 Å². The Morgan fingerprint density at radius 3 is 2.81 bits per heavy atom. The van der Waals surface area contributed by atoms with Crippen LogP contribution in [0.4, 0.5) is 0 Å². The first-order valence-corrected chi connectivity index (χ1v) is 4.74. The normalized spacial score (nSPS) is 11.5. The van der Waals surface area contributed by atoms with Crippen LogP contribution in [0.25, 0.3) is 0 Å². The fourth-order valence-corrected chi connectivity index (χ4v) is 1.10. The first-order chi connectivity index (χ1) is 7.54. The molecule has 0 aromatic heterocycles. The Morgan fingerprint density at radius 2 is 2.25 bits per heavy atom. The van der Waals surface area contributed by atoms with Crippen LogP contribution < -0.4 is 5.32 Å². The van der Waals surface area contributed by atoms with Crippen molar-refractivity contribution in [1.82, 2.24) is 5.32 Å². The average Bonchev–Trinajstić information content (AvgIpc) is 2.25. The van der Waals surface area contributed by atoms with E-state index in [-0.39, 0.29) is 29.5 Å². The minimum absolute atomic E-state index is 0.0722. The number of nitrogens with zero attached hydrogens (tertiary/aromatic N) is 1. The zero-order valence-corrected chi connectivity index (χ0v) is 8.77. The van der Waals surface area contributed by atoms with Crippen molar-refractivity contribution in [3.8, 4) is 17.6 Å². The lowest BCUT2D eigenvalue weighted by Gasteiger charge is -2.07. The summed E-state index contributed by atoms with van der Waals surface area (Å²) in [5.41, 5.74) is 0.0722. The molecule has 0 bridgehead atoms. The van der Waals surface area contributed by atoms with Crippen LogP contribution in [-0.4, -0.2) is 22.7 Å². The first kappa shape index (κ1) is 11.9. The topological polar surface area (TPSA) is 93.4 Å². The summed E-state index contributed by atoms with van der Waals surface area (Å²) in [4.78, 5) is 11.5. The van der Waals surface area contributed by atoms with Crippen molar-refractivity contribution in [1.29, 1.82) is 5.26 Å². The summed E-state index contributed by atoms with van der Waals surface area (Å²) in [6.45, 7) is 1.90. The van der Waals surface area contributed by atoms with Crippen LogP contribution in [0.2, 0.25) is 0 Å². The van der Waals surface area contributed by atoms with E-state index in [1.54, 1.807) is 6.92 Å². The van der Waals surface area contributed by atoms with Crippen molar-refractivity contribution in [2.75, 3.05) is 6.54 Å². The van der Waals surface area contributed by atoms with Gasteiger partial charge in [-0.3, -0.25) is 4.79 Å². The SMILES string of the molecule is CC(C#N)CNC(=O)c1ccc(O)cc1O. The fourth-order valence-electron chi connectivity index (χ4n) is 1.10.